The number of anilines is 1. The zero-order valence-corrected chi connectivity index (χ0v) is 17.0. The molecule has 0 atom stereocenters. The number of ether oxygens (including phenoxy) is 1. The van der Waals surface area contributed by atoms with Gasteiger partial charge in [0, 0.05) is 15.6 Å². The first kappa shape index (κ1) is 19.2. The molecule has 144 valence electrons. The van der Waals surface area contributed by atoms with E-state index < -0.39 is 0 Å². The zero-order chi connectivity index (χ0) is 20.4. The highest BCUT2D eigenvalue weighted by atomic mass is 35.5. The minimum Gasteiger partial charge on any atom is -0.497 e. The van der Waals surface area contributed by atoms with Crippen LogP contribution >= 0.6 is 23.2 Å². The highest BCUT2D eigenvalue weighted by Gasteiger charge is 2.32. The molecular weight excluding hydrogens is 407 g/mol. The normalized spacial score (nSPS) is 15.0. The number of halogens is 2. The molecule has 1 amide bonds. The minimum atomic E-state index is -0.236. The molecular formula is C23H16Cl2N2O2. The summed E-state index contributed by atoms with van der Waals surface area (Å²) >= 11 is 12.3. The van der Waals surface area contributed by atoms with Gasteiger partial charge in [-0.15, -0.1) is 0 Å². The second-order valence-electron chi connectivity index (χ2n) is 6.34. The topological polar surface area (TPSA) is 41.9 Å². The molecule has 3 aromatic carbocycles. The summed E-state index contributed by atoms with van der Waals surface area (Å²) in [4.78, 5) is 19.5. The van der Waals surface area contributed by atoms with E-state index in [-0.39, 0.29) is 5.91 Å². The Hall–Kier alpha value is -3.08. The van der Waals surface area contributed by atoms with Crippen LogP contribution in [0.2, 0.25) is 10.0 Å². The van der Waals surface area contributed by atoms with E-state index in [1.54, 1.807) is 36.3 Å². The number of aliphatic imine (C=N–C) groups is 1. The van der Waals surface area contributed by atoms with Crippen molar-refractivity contribution in [3.05, 3.63) is 99.7 Å². The first-order valence-electron chi connectivity index (χ1n) is 8.86. The summed E-state index contributed by atoms with van der Waals surface area (Å²) < 4.78 is 5.22. The van der Waals surface area contributed by atoms with Crippen LogP contribution in [0.25, 0.3) is 6.08 Å². The minimum absolute atomic E-state index is 0.236. The van der Waals surface area contributed by atoms with Crippen LogP contribution in [0.4, 0.5) is 5.69 Å². The monoisotopic (exact) mass is 422 g/mol. The number of benzene rings is 3. The molecule has 0 N–H and O–H groups in total. The van der Waals surface area contributed by atoms with Crippen molar-refractivity contribution in [2.45, 2.75) is 0 Å². The van der Waals surface area contributed by atoms with Gasteiger partial charge in [-0.1, -0.05) is 59.6 Å². The fourth-order valence-electron chi connectivity index (χ4n) is 3.03. The third kappa shape index (κ3) is 3.90. The van der Waals surface area contributed by atoms with Crippen LogP contribution in [-0.4, -0.2) is 18.9 Å². The van der Waals surface area contributed by atoms with Gasteiger partial charge in [-0.05, 0) is 48.0 Å². The Labute approximate surface area is 178 Å². The Morgan fingerprint density at radius 3 is 2.34 bits per heavy atom. The highest BCUT2D eigenvalue weighted by molar-refractivity contribution is 6.36. The third-order valence-electron chi connectivity index (χ3n) is 4.48. The number of carbonyl (C=O) groups excluding carboxylic acids is 1. The lowest BCUT2D eigenvalue weighted by Gasteiger charge is -2.18. The van der Waals surface area contributed by atoms with Crippen molar-refractivity contribution in [3.8, 4) is 5.75 Å². The highest BCUT2D eigenvalue weighted by Crippen LogP contribution is 2.30. The third-order valence-corrected chi connectivity index (χ3v) is 5.04. The van der Waals surface area contributed by atoms with Crippen molar-refractivity contribution >= 4 is 46.7 Å². The number of nitrogens with zero attached hydrogens (tertiary/aromatic N) is 2. The summed E-state index contributed by atoms with van der Waals surface area (Å²) in [5.41, 5.74) is 2.50. The smallest absolute Gasteiger partial charge is 0.282 e. The van der Waals surface area contributed by atoms with Gasteiger partial charge in [-0.3, -0.25) is 9.69 Å². The van der Waals surface area contributed by atoms with Crippen LogP contribution in [0.1, 0.15) is 11.1 Å². The molecule has 3 aromatic rings. The summed E-state index contributed by atoms with van der Waals surface area (Å²) in [7, 11) is 1.60. The van der Waals surface area contributed by atoms with Crippen LogP contribution in [0.3, 0.4) is 0 Å². The van der Waals surface area contributed by atoms with Crippen molar-refractivity contribution in [3.63, 3.8) is 0 Å². The molecule has 6 heteroatoms. The predicted octanol–water partition coefficient (Wildman–Crippen LogP) is 5.84. The van der Waals surface area contributed by atoms with Crippen LogP contribution in [0.5, 0.6) is 5.75 Å². The Morgan fingerprint density at radius 2 is 1.69 bits per heavy atom. The molecule has 29 heavy (non-hydrogen) atoms. The van der Waals surface area contributed by atoms with Gasteiger partial charge >= 0.3 is 0 Å². The molecule has 0 fully saturated rings. The molecule has 0 aliphatic carbocycles. The van der Waals surface area contributed by atoms with Crippen molar-refractivity contribution in [2.75, 3.05) is 12.0 Å². The number of hydrogen-bond donors (Lipinski definition) is 0. The molecule has 4 nitrogen and oxygen atoms in total. The molecule has 0 radical (unpaired) electrons. The molecule has 0 unspecified atom stereocenters. The number of hydrogen-bond acceptors (Lipinski definition) is 3. The van der Waals surface area contributed by atoms with E-state index in [2.05, 4.69) is 4.99 Å². The van der Waals surface area contributed by atoms with Crippen molar-refractivity contribution in [1.29, 1.82) is 0 Å². The second-order valence-corrected chi connectivity index (χ2v) is 7.18. The molecule has 0 saturated carbocycles. The van der Waals surface area contributed by atoms with Gasteiger partial charge in [0.2, 0.25) is 0 Å². The van der Waals surface area contributed by atoms with Crippen molar-refractivity contribution in [2.24, 2.45) is 4.99 Å². The van der Waals surface area contributed by atoms with E-state index in [0.717, 1.165) is 5.56 Å². The zero-order valence-electron chi connectivity index (χ0n) is 15.5. The van der Waals surface area contributed by atoms with Gasteiger partial charge in [0.1, 0.15) is 17.3 Å². The van der Waals surface area contributed by atoms with Crippen molar-refractivity contribution in [1.82, 2.24) is 0 Å². The molecule has 0 aromatic heterocycles. The largest absolute Gasteiger partial charge is 0.497 e. The molecule has 1 aliphatic rings. The Morgan fingerprint density at radius 1 is 0.966 bits per heavy atom. The fraction of sp³-hybridized carbons (Fsp3) is 0.0435. The molecule has 4 rings (SSSR count). The van der Waals surface area contributed by atoms with E-state index in [4.69, 9.17) is 27.9 Å². The lowest BCUT2D eigenvalue weighted by molar-refractivity contribution is -0.113. The van der Waals surface area contributed by atoms with E-state index in [1.807, 2.05) is 54.6 Å². The van der Waals surface area contributed by atoms with E-state index in [1.165, 1.54) is 0 Å². The Kier molecular flexibility index (Phi) is 5.38. The fourth-order valence-corrected chi connectivity index (χ4v) is 3.50. The molecule has 1 aliphatic heterocycles. The molecule has 0 bridgehead atoms. The van der Waals surface area contributed by atoms with E-state index in [9.17, 15) is 4.79 Å². The lowest BCUT2D eigenvalue weighted by atomic mass is 10.1. The van der Waals surface area contributed by atoms with Gasteiger partial charge < -0.3 is 4.74 Å². The van der Waals surface area contributed by atoms with Crippen LogP contribution in [-0.2, 0) is 4.79 Å². The van der Waals surface area contributed by atoms with Crippen LogP contribution in [0.15, 0.2) is 83.5 Å². The maximum Gasteiger partial charge on any atom is 0.282 e. The van der Waals surface area contributed by atoms with Gasteiger partial charge in [0.05, 0.1) is 12.8 Å². The summed E-state index contributed by atoms with van der Waals surface area (Å²) in [6.07, 6.45) is 1.67. The van der Waals surface area contributed by atoms with Crippen molar-refractivity contribution < 1.29 is 9.53 Å². The quantitative estimate of drug-likeness (QED) is 0.495. The first-order valence-corrected chi connectivity index (χ1v) is 9.62. The average molecular weight is 423 g/mol. The summed E-state index contributed by atoms with van der Waals surface area (Å²) in [6, 6.07) is 22.0. The number of amidine groups is 1. The molecule has 0 saturated heterocycles. The predicted molar refractivity (Wildman–Crippen MR) is 118 cm³/mol. The summed E-state index contributed by atoms with van der Waals surface area (Å²) in [6.45, 7) is 0. The number of amides is 1. The van der Waals surface area contributed by atoms with Gasteiger partial charge in [-0.2, -0.15) is 0 Å². The first-order chi connectivity index (χ1) is 14.1. The van der Waals surface area contributed by atoms with Crippen LogP contribution in [0, 0.1) is 0 Å². The average Bonchev–Trinajstić information content (AvgIpc) is 3.07. The second kappa shape index (κ2) is 8.11. The maximum absolute atomic E-state index is 13.3. The number of rotatable bonds is 4. The van der Waals surface area contributed by atoms with Crippen LogP contribution < -0.4 is 9.64 Å². The maximum atomic E-state index is 13.3. The standard InChI is InChI=1S/C23H16Cl2N2O2/c1-29-19-11-9-18(10-12-19)27-22(15-5-3-2-4-6-15)26-21(23(27)28)13-16-7-8-17(24)14-20(16)25/h2-14H,1H3/b21-13+. The summed E-state index contributed by atoms with van der Waals surface area (Å²) in [5.74, 6) is 1.03. The van der Waals surface area contributed by atoms with Gasteiger partial charge in [0.15, 0.2) is 0 Å². The molecule has 1 heterocycles. The summed E-state index contributed by atoms with van der Waals surface area (Å²) in [5, 5.41) is 0.986. The molecule has 0 spiro atoms. The van der Waals surface area contributed by atoms with Gasteiger partial charge in [0.25, 0.3) is 5.91 Å². The lowest BCUT2D eigenvalue weighted by Crippen LogP contribution is -2.32. The Balaban J connectivity index is 1.81. The number of methoxy groups -OCH3 is 1. The van der Waals surface area contributed by atoms with Gasteiger partial charge in [-0.25, -0.2) is 4.99 Å². The SMILES string of the molecule is COc1ccc(N2C(=O)/C(=C\c3ccc(Cl)cc3Cl)N=C2c2ccccc2)cc1. The number of carbonyl (C=O) groups is 1. The van der Waals surface area contributed by atoms with E-state index in [0.29, 0.717) is 38.6 Å². The Bertz CT molecular complexity index is 1120. The van der Waals surface area contributed by atoms with E-state index >= 15 is 0 Å².